The summed E-state index contributed by atoms with van der Waals surface area (Å²) < 4.78 is 0. The van der Waals surface area contributed by atoms with Gasteiger partial charge in [-0.15, -0.1) is 0 Å². The highest BCUT2D eigenvalue weighted by Crippen LogP contribution is 2.22. The smallest absolute Gasteiger partial charge is 0.223 e. The van der Waals surface area contributed by atoms with E-state index in [4.69, 9.17) is 0 Å². The second kappa shape index (κ2) is 4.24. The highest BCUT2D eigenvalue weighted by Gasteiger charge is 2.26. The molecule has 0 aliphatic rings. The molecule has 0 aromatic heterocycles. The molecule has 0 rings (SSSR count). The van der Waals surface area contributed by atoms with E-state index in [1.165, 1.54) is 4.90 Å². The van der Waals surface area contributed by atoms with Crippen molar-refractivity contribution in [1.29, 1.82) is 0 Å². The van der Waals surface area contributed by atoms with Crippen molar-refractivity contribution in [3.8, 4) is 0 Å². The van der Waals surface area contributed by atoms with E-state index in [1.54, 1.807) is 21.0 Å². The third kappa shape index (κ3) is 3.03. The molecule has 69 valence electrons. The number of nitrogens with zero attached hydrogens (tertiary/aromatic N) is 1. The van der Waals surface area contributed by atoms with Crippen LogP contribution in [0.1, 0.15) is 26.7 Å². The highest BCUT2D eigenvalue weighted by molar-refractivity contribution is 5.80. The summed E-state index contributed by atoms with van der Waals surface area (Å²) in [7, 11) is 3.37. The molecule has 1 atom stereocenters. The van der Waals surface area contributed by atoms with E-state index in [-0.39, 0.29) is 12.3 Å². The molecule has 0 fully saturated rings. The molecule has 0 saturated carbocycles. The highest BCUT2D eigenvalue weighted by atomic mass is 16.2. The monoisotopic (exact) mass is 170 g/mol. The molecule has 0 aliphatic heterocycles. The minimum absolute atomic E-state index is 0.0253. The average molecular weight is 170 g/mol. The van der Waals surface area contributed by atoms with Crippen LogP contribution >= 0.6 is 0 Å². The van der Waals surface area contributed by atoms with Crippen molar-refractivity contribution >= 4 is 12.2 Å². The fraction of sp³-hybridized carbons (Fsp3) is 0.778. The Morgan fingerprint density at radius 1 is 1.50 bits per heavy atom. The molecule has 0 aliphatic carbocycles. The van der Waals surface area contributed by atoms with Crippen molar-refractivity contribution in [2.45, 2.75) is 26.7 Å². The van der Waals surface area contributed by atoms with Crippen LogP contribution in [0.2, 0.25) is 0 Å². The van der Waals surface area contributed by atoms with Crippen LogP contribution in [0, 0.1) is 5.41 Å². The molecule has 0 bridgehead atoms. The Bertz CT molecular complexity index is 177. The summed E-state index contributed by atoms with van der Waals surface area (Å²) in [5.41, 5.74) is -0.610. The van der Waals surface area contributed by atoms with Crippen molar-refractivity contribution in [3.05, 3.63) is 0 Å². The summed E-state index contributed by atoms with van der Waals surface area (Å²) >= 11 is 0. The normalized spacial score (nSPS) is 15.0. The number of rotatable bonds is 4. The Morgan fingerprint density at radius 2 is 2.00 bits per heavy atom. The predicted octanol–water partition coefficient (Wildman–Crippen LogP) is 0.991. The molecule has 1 amide bonds. The lowest BCUT2D eigenvalue weighted by Crippen LogP contribution is -2.29. The maximum atomic E-state index is 11.2. The zero-order chi connectivity index (χ0) is 9.78. The topological polar surface area (TPSA) is 37.4 Å². The van der Waals surface area contributed by atoms with Crippen LogP contribution < -0.4 is 0 Å². The van der Waals surface area contributed by atoms with Crippen molar-refractivity contribution in [2.75, 3.05) is 14.1 Å². The molecule has 0 spiro atoms. The minimum Gasteiger partial charge on any atom is -0.349 e. The molecule has 0 saturated heterocycles. The molecule has 1 unspecified atom stereocenters. The number of amides is 1. The van der Waals surface area contributed by atoms with E-state index >= 15 is 0 Å². The quantitative estimate of drug-likeness (QED) is 0.631. The van der Waals surface area contributed by atoms with Crippen molar-refractivity contribution < 1.29 is 9.59 Å². The minimum atomic E-state index is -0.610. The zero-order valence-electron chi connectivity index (χ0n) is 8.18. The van der Waals surface area contributed by atoms with E-state index in [0.29, 0.717) is 6.42 Å². The molecule has 3 nitrogen and oxygen atoms in total. The third-order valence-electron chi connectivity index (χ3n) is 2.07. The van der Waals surface area contributed by atoms with Crippen LogP contribution in [0.3, 0.4) is 0 Å². The van der Waals surface area contributed by atoms with Gasteiger partial charge in [-0.25, -0.2) is 0 Å². The molecular weight excluding hydrogens is 154 g/mol. The lowest BCUT2D eigenvalue weighted by molar-refractivity contribution is -0.130. The number of hydrogen-bond acceptors (Lipinski definition) is 2. The zero-order valence-corrected chi connectivity index (χ0v) is 8.18. The summed E-state index contributed by atoms with van der Waals surface area (Å²) in [6.07, 6.45) is 2.82. The Hall–Kier alpha value is -0.860. The first kappa shape index (κ1) is 11.1. The van der Waals surface area contributed by atoms with Crippen LogP contribution in [-0.2, 0) is 9.59 Å². The molecule has 0 aromatic rings. The lowest BCUT2D eigenvalue weighted by Gasteiger charge is -2.21. The Kier molecular flexibility index (Phi) is 3.93. The van der Waals surface area contributed by atoms with Gasteiger partial charge < -0.3 is 4.90 Å². The van der Waals surface area contributed by atoms with Gasteiger partial charge in [-0.1, -0.05) is 13.8 Å². The first-order valence-corrected chi connectivity index (χ1v) is 4.04. The summed E-state index contributed by atoms with van der Waals surface area (Å²) in [6.45, 7) is 3.63. The standard InChI is InChI=1S/C9H16NO2/c1-5-9(2,7-11)6-8(12)10(3)4/h5-6H2,1-4H3. The van der Waals surface area contributed by atoms with Crippen LogP contribution in [0.4, 0.5) is 0 Å². The number of carbonyl (C=O) groups is 1. The molecule has 1 radical (unpaired) electrons. The molecule has 0 heterocycles. The van der Waals surface area contributed by atoms with E-state index in [1.807, 2.05) is 13.2 Å². The Labute approximate surface area is 73.7 Å². The second-order valence-corrected chi connectivity index (χ2v) is 3.48. The summed E-state index contributed by atoms with van der Waals surface area (Å²) in [5.74, 6) is -0.0253. The largest absolute Gasteiger partial charge is 0.349 e. The van der Waals surface area contributed by atoms with Gasteiger partial charge in [-0.3, -0.25) is 9.59 Å². The number of hydrogen-bond donors (Lipinski definition) is 0. The van der Waals surface area contributed by atoms with Gasteiger partial charge in [0.05, 0.1) is 0 Å². The SMILES string of the molecule is CCC(C)([C]=O)CC(=O)N(C)C. The van der Waals surface area contributed by atoms with Crippen LogP contribution in [-0.4, -0.2) is 31.2 Å². The van der Waals surface area contributed by atoms with E-state index in [9.17, 15) is 9.59 Å². The van der Waals surface area contributed by atoms with Gasteiger partial charge in [-0.05, 0) is 6.42 Å². The maximum absolute atomic E-state index is 11.2. The van der Waals surface area contributed by atoms with Crippen molar-refractivity contribution in [3.63, 3.8) is 0 Å². The Morgan fingerprint density at radius 3 is 2.25 bits per heavy atom. The van der Waals surface area contributed by atoms with Gasteiger partial charge in [0, 0.05) is 25.9 Å². The lowest BCUT2D eigenvalue weighted by atomic mass is 9.85. The van der Waals surface area contributed by atoms with E-state index in [0.717, 1.165) is 0 Å². The van der Waals surface area contributed by atoms with Crippen LogP contribution in [0.25, 0.3) is 0 Å². The van der Waals surface area contributed by atoms with Gasteiger partial charge in [0.1, 0.15) is 0 Å². The second-order valence-electron chi connectivity index (χ2n) is 3.48. The fourth-order valence-electron chi connectivity index (χ4n) is 0.725. The van der Waals surface area contributed by atoms with Crippen LogP contribution in [0.15, 0.2) is 0 Å². The Balaban J connectivity index is 4.21. The fourth-order valence-corrected chi connectivity index (χ4v) is 0.725. The molecule has 12 heavy (non-hydrogen) atoms. The van der Waals surface area contributed by atoms with Crippen molar-refractivity contribution in [2.24, 2.45) is 5.41 Å². The van der Waals surface area contributed by atoms with Gasteiger partial charge in [0.25, 0.3) is 0 Å². The summed E-state index contributed by atoms with van der Waals surface area (Å²) in [5, 5.41) is 0. The third-order valence-corrected chi connectivity index (χ3v) is 2.07. The van der Waals surface area contributed by atoms with E-state index < -0.39 is 5.41 Å². The predicted molar refractivity (Wildman–Crippen MR) is 47.4 cm³/mol. The summed E-state index contributed by atoms with van der Waals surface area (Å²) in [6, 6.07) is 0. The van der Waals surface area contributed by atoms with E-state index in [2.05, 4.69) is 0 Å². The maximum Gasteiger partial charge on any atom is 0.223 e. The molecule has 3 heteroatoms. The van der Waals surface area contributed by atoms with Gasteiger partial charge in [0.2, 0.25) is 12.2 Å². The molecule has 0 aromatic carbocycles. The first-order valence-electron chi connectivity index (χ1n) is 4.04. The first-order chi connectivity index (χ1) is 5.45. The molecule has 0 N–H and O–H groups in total. The van der Waals surface area contributed by atoms with Gasteiger partial charge in [-0.2, -0.15) is 0 Å². The summed E-state index contributed by atoms with van der Waals surface area (Å²) in [4.78, 5) is 23.2. The van der Waals surface area contributed by atoms with Gasteiger partial charge >= 0.3 is 0 Å². The average Bonchev–Trinajstić information content (AvgIpc) is 2.04. The van der Waals surface area contributed by atoms with Crippen LogP contribution in [0.5, 0.6) is 0 Å². The van der Waals surface area contributed by atoms with Crippen molar-refractivity contribution in [1.82, 2.24) is 4.90 Å². The number of carbonyl (C=O) groups excluding carboxylic acids is 2. The van der Waals surface area contributed by atoms with Gasteiger partial charge in [0.15, 0.2) is 0 Å². The molecular formula is C9H16NO2.